The van der Waals surface area contributed by atoms with E-state index in [2.05, 4.69) is 0 Å². The van der Waals surface area contributed by atoms with Crippen molar-refractivity contribution in [3.8, 4) is 0 Å². The van der Waals surface area contributed by atoms with Crippen LogP contribution in [0.5, 0.6) is 0 Å². The van der Waals surface area contributed by atoms with Crippen LogP contribution in [0.15, 0.2) is 0 Å². The Hall–Kier alpha value is -1.10. The molecule has 1 rings (SSSR count). The summed E-state index contributed by atoms with van der Waals surface area (Å²) in [6.07, 6.45) is 1.73. The summed E-state index contributed by atoms with van der Waals surface area (Å²) >= 11 is 0. The SMILES string of the molecule is CCOC(=O)C(C(=O)OCC)C(O)C1CCC1. The van der Waals surface area contributed by atoms with Crippen molar-refractivity contribution in [2.45, 2.75) is 39.2 Å². The van der Waals surface area contributed by atoms with E-state index in [1.54, 1.807) is 13.8 Å². The van der Waals surface area contributed by atoms with Gasteiger partial charge >= 0.3 is 11.9 Å². The van der Waals surface area contributed by atoms with Gasteiger partial charge in [-0.05, 0) is 32.6 Å². The largest absolute Gasteiger partial charge is 0.465 e. The van der Waals surface area contributed by atoms with Crippen molar-refractivity contribution < 1.29 is 24.2 Å². The van der Waals surface area contributed by atoms with Crippen molar-refractivity contribution in [1.82, 2.24) is 0 Å². The highest BCUT2D eigenvalue weighted by molar-refractivity contribution is 5.95. The fraction of sp³-hybridized carbons (Fsp3) is 0.833. The molecule has 1 atom stereocenters. The highest BCUT2D eigenvalue weighted by Gasteiger charge is 2.42. The van der Waals surface area contributed by atoms with Gasteiger partial charge in [0.2, 0.25) is 0 Å². The highest BCUT2D eigenvalue weighted by atomic mass is 16.6. The number of hydrogen-bond acceptors (Lipinski definition) is 5. The lowest BCUT2D eigenvalue weighted by atomic mass is 9.76. The highest BCUT2D eigenvalue weighted by Crippen LogP contribution is 2.33. The first-order valence-electron chi connectivity index (χ1n) is 6.13. The molecule has 0 amide bonds. The number of carbonyl (C=O) groups is 2. The van der Waals surface area contributed by atoms with Crippen LogP contribution in [0.25, 0.3) is 0 Å². The molecule has 0 heterocycles. The molecule has 0 spiro atoms. The van der Waals surface area contributed by atoms with Crippen molar-refractivity contribution in [3.05, 3.63) is 0 Å². The summed E-state index contributed by atoms with van der Waals surface area (Å²) in [7, 11) is 0. The smallest absolute Gasteiger partial charge is 0.323 e. The van der Waals surface area contributed by atoms with Crippen molar-refractivity contribution in [2.24, 2.45) is 11.8 Å². The molecule has 5 heteroatoms. The minimum atomic E-state index is -1.19. The van der Waals surface area contributed by atoms with E-state index < -0.39 is 24.0 Å². The molecule has 1 fully saturated rings. The van der Waals surface area contributed by atoms with Crippen LogP contribution in [0.2, 0.25) is 0 Å². The van der Waals surface area contributed by atoms with Crippen LogP contribution in [0.4, 0.5) is 0 Å². The van der Waals surface area contributed by atoms with E-state index in [1.807, 2.05) is 0 Å². The first kappa shape index (κ1) is 14.0. The predicted molar refractivity (Wildman–Crippen MR) is 60.1 cm³/mol. The molecule has 1 N–H and O–H groups in total. The summed E-state index contributed by atoms with van der Waals surface area (Å²) in [5, 5.41) is 10.0. The Morgan fingerprint density at radius 2 is 1.65 bits per heavy atom. The van der Waals surface area contributed by atoms with E-state index in [0.717, 1.165) is 19.3 Å². The topological polar surface area (TPSA) is 72.8 Å². The molecule has 0 bridgehead atoms. The fourth-order valence-electron chi connectivity index (χ4n) is 1.89. The second-order valence-electron chi connectivity index (χ2n) is 4.16. The molecule has 0 aromatic heterocycles. The third-order valence-electron chi connectivity index (χ3n) is 3.06. The Kier molecular flexibility index (Phi) is 5.41. The maximum atomic E-state index is 11.7. The predicted octanol–water partition coefficient (Wildman–Crippen LogP) is 0.890. The summed E-state index contributed by atoms with van der Waals surface area (Å²) in [5.41, 5.74) is 0. The van der Waals surface area contributed by atoms with Gasteiger partial charge < -0.3 is 14.6 Å². The average molecular weight is 244 g/mol. The second-order valence-corrected chi connectivity index (χ2v) is 4.16. The third kappa shape index (κ3) is 3.43. The normalized spacial score (nSPS) is 17.4. The first-order valence-corrected chi connectivity index (χ1v) is 6.13. The Balaban J connectivity index is 2.69. The van der Waals surface area contributed by atoms with Gasteiger partial charge in [-0.2, -0.15) is 0 Å². The second kappa shape index (κ2) is 6.59. The number of aliphatic hydroxyl groups excluding tert-OH is 1. The minimum Gasteiger partial charge on any atom is -0.465 e. The molecule has 1 aliphatic rings. The molecule has 17 heavy (non-hydrogen) atoms. The number of esters is 2. The van der Waals surface area contributed by atoms with Gasteiger partial charge in [0, 0.05) is 0 Å². The average Bonchev–Trinajstić information content (AvgIpc) is 2.15. The maximum absolute atomic E-state index is 11.7. The van der Waals surface area contributed by atoms with Crippen LogP contribution in [0, 0.1) is 11.8 Å². The lowest BCUT2D eigenvalue weighted by Gasteiger charge is -2.33. The van der Waals surface area contributed by atoms with E-state index in [-0.39, 0.29) is 19.1 Å². The molecule has 1 unspecified atom stereocenters. The molecule has 0 saturated heterocycles. The number of hydrogen-bond donors (Lipinski definition) is 1. The Morgan fingerprint density at radius 1 is 1.18 bits per heavy atom. The molecule has 0 aromatic carbocycles. The van der Waals surface area contributed by atoms with Gasteiger partial charge in [-0.3, -0.25) is 9.59 Å². The van der Waals surface area contributed by atoms with Gasteiger partial charge in [0.1, 0.15) is 0 Å². The molecule has 5 nitrogen and oxygen atoms in total. The van der Waals surface area contributed by atoms with Crippen molar-refractivity contribution >= 4 is 11.9 Å². The van der Waals surface area contributed by atoms with E-state index in [1.165, 1.54) is 0 Å². The van der Waals surface area contributed by atoms with Crippen molar-refractivity contribution in [1.29, 1.82) is 0 Å². The van der Waals surface area contributed by atoms with Gasteiger partial charge in [-0.15, -0.1) is 0 Å². The summed E-state index contributed by atoms with van der Waals surface area (Å²) in [6.45, 7) is 3.70. The molecule has 0 radical (unpaired) electrons. The standard InChI is InChI=1S/C12H20O5/c1-3-16-11(14)9(12(15)17-4-2)10(13)8-6-5-7-8/h8-10,13H,3-7H2,1-2H3. The number of aliphatic hydroxyl groups is 1. The van der Waals surface area contributed by atoms with Gasteiger partial charge in [0.25, 0.3) is 0 Å². The van der Waals surface area contributed by atoms with Crippen LogP contribution in [-0.4, -0.2) is 36.4 Å². The zero-order valence-corrected chi connectivity index (χ0v) is 10.3. The summed E-state index contributed by atoms with van der Waals surface area (Å²) in [5.74, 6) is -2.57. The third-order valence-corrected chi connectivity index (χ3v) is 3.06. The lowest BCUT2D eigenvalue weighted by molar-refractivity contribution is -0.170. The quantitative estimate of drug-likeness (QED) is 0.555. The van der Waals surface area contributed by atoms with Gasteiger partial charge in [0.05, 0.1) is 19.3 Å². The Bertz CT molecular complexity index is 254. The van der Waals surface area contributed by atoms with Gasteiger partial charge in [0.15, 0.2) is 5.92 Å². The summed E-state index contributed by atoms with van der Waals surface area (Å²) in [4.78, 5) is 23.3. The van der Waals surface area contributed by atoms with E-state index in [9.17, 15) is 14.7 Å². The molecule has 1 saturated carbocycles. The van der Waals surface area contributed by atoms with E-state index in [0.29, 0.717) is 0 Å². The van der Waals surface area contributed by atoms with Crippen LogP contribution in [0.3, 0.4) is 0 Å². The molecule has 1 aliphatic carbocycles. The zero-order chi connectivity index (χ0) is 12.8. The molecule has 0 aliphatic heterocycles. The summed E-state index contributed by atoms with van der Waals surface area (Å²) in [6, 6.07) is 0. The molecule has 98 valence electrons. The maximum Gasteiger partial charge on any atom is 0.323 e. The van der Waals surface area contributed by atoms with Crippen molar-refractivity contribution in [3.63, 3.8) is 0 Å². The molecular formula is C12H20O5. The summed E-state index contributed by atoms with van der Waals surface area (Å²) < 4.78 is 9.62. The minimum absolute atomic E-state index is 0.00816. The zero-order valence-electron chi connectivity index (χ0n) is 10.3. The van der Waals surface area contributed by atoms with E-state index >= 15 is 0 Å². The van der Waals surface area contributed by atoms with Gasteiger partial charge in [-0.25, -0.2) is 0 Å². The molecule has 0 aromatic rings. The number of ether oxygens (including phenoxy) is 2. The van der Waals surface area contributed by atoms with Crippen LogP contribution in [0.1, 0.15) is 33.1 Å². The van der Waals surface area contributed by atoms with Crippen LogP contribution in [-0.2, 0) is 19.1 Å². The monoisotopic (exact) mass is 244 g/mol. The van der Waals surface area contributed by atoms with Crippen LogP contribution >= 0.6 is 0 Å². The van der Waals surface area contributed by atoms with E-state index in [4.69, 9.17) is 9.47 Å². The first-order chi connectivity index (χ1) is 8.11. The number of carbonyl (C=O) groups excluding carboxylic acids is 2. The Labute approximate surface area is 101 Å². The number of rotatable bonds is 6. The fourth-order valence-corrected chi connectivity index (χ4v) is 1.89. The van der Waals surface area contributed by atoms with Gasteiger partial charge in [-0.1, -0.05) is 6.42 Å². The van der Waals surface area contributed by atoms with Crippen molar-refractivity contribution in [2.75, 3.05) is 13.2 Å². The lowest BCUT2D eigenvalue weighted by Crippen LogP contribution is -2.43. The van der Waals surface area contributed by atoms with Crippen LogP contribution < -0.4 is 0 Å². The molecular weight excluding hydrogens is 224 g/mol. The Morgan fingerprint density at radius 3 is 1.94 bits per heavy atom.